The Morgan fingerprint density at radius 1 is 1.61 bits per heavy atom. The number of carboxylic acid groups (broad SMARTS) is 1. The van der Waals surface area contributed by atoms with Crippen LogP contribution in [0, 0.1) is 16.7 Å². The number of benzene rings is 1. The monoisotopic (exact) mass is 246 g/mol. The van der Waals surface area contributed by atoms with Crippen LogP contribution in [0.5, 0.6) is 5.75 Å². The van der Waals surface area contributed by atoms with Crippen molar-refractivity contribution in [2.45, 2.75) is 12.8 Å². The highest BCUT2D eigenvalue weighted by atomic mass is 16.5. The number of nitrogens with one attached hydrogen (secondary N) is 1. The minimum atomic E-state index is -0.781. The zero-order valence-electron chi connectivity index (χ0n) is 10.1. The van der Waals surface area contributed by atoms with Crippen molar-refractivity contribution in [3.63, 3.8) is 0 Å². The summed E-state index contributed by atoms with van der Waals surface area (Å²) in [6, 6.07) is 7.13. The van der Waals surface area contributed by atoms with Crippen molar-refractivity contribution in [3.8, 4) is 11.8 Å². The van der Waals surface area contributed by atoms with E-state index in [1.807, 2.05) is 0 Å². The Kier molecular flexibility index (Phi) is 3.11. The first-order valence-corrected chi connectivity index (χ1v) is 5.67. The molecule has 1 aliphatic rings. The topological polar surface area (TPSA) is 82.3 Å². The predicted octanol–water partition coefficient (Wildman–Crippen LogP) is 1.84. The van der Waals surface area contributed by atoms with Crippen LogP contribution in [-0.4, -0.2) is 24.7 Å². The second kappa shape index (κ2) is 4.57. The lowest BCUT2D eigenvalue weighted by Crippen LogP contribution is -2.24. The predicted molar refractivity (Wildman–Crippen MR) is 65.5 cm³/mol. The first-order valence-electron chi connectivity index (χ1n) is 5.67. The summed E-state index contributed by atoms with van der Waals surface area (Å²) in [5, 5.41) is 21.1. The summed E-state index contributed by atoms with van der Waals surface area (Å²) < 4.78 is 5.08. The zero-order chi connectivity index (χ0) is 13.2. The molecule has 18 heavy (non-hydrogen) atoms. The first-order chi connectivity index (χ1) is 8.61. The van der Waals surface area contributed by atoms with Crippen molar-refractivity contribution in [1.82, 2.24) is 0 Å². The van der Waals surface area contributed by atoms with Crippen molar-refractivity contribution in [2.24, 2.45) is 5.41 Å². The van der Waals surface area contributed by atoms with Crippen molar-refractivity contribution >= 4 is 11.7 Å². The van der Waals surface area contributed by atoms with Gasteiger partial charge in [-0.1, -0.05) is 0 Å². The number of ether oxygens (including phenoxy) is 1. The summed E-state index contributed by atoms with van der Waals surface area (Å²) in [6.07, 6.45) is 1.36. The molecule has 0 saturated heterocycles. The minimum Gasteiger partial charge on any atom is -0.497 e. The summed E-state index contributed by atoms with van der Waals surface area (Å²) in [5.74, 6) is -0.145. The molecule has 0 bridgehead atoms. The SMILES string of the molecule is COc1ccc(C#N)c(NCC2(C(=O)O)CC2)c1. The smallest absolute Gasteiger partial charge is 0.311 e. The molecule has 5 nitrogen and oxygen atoms in total. The van der Waals surface area contributed by atoms with E-state index in [0.29, 0.717) is 36.4 Å². The van der Waals surface area contributed by atoms with E-state index in [0.717, 1.165) is 0 Å². The average molecular weight is 246 g/mol. The minimum absolute atomic E-state index is 0.337. The van der Waals surface area contributed by atoms with E-state index >= 15 is 0 Å². The van der Waals surface area contributed by atoms with Gasteiger partial charge in [-0.15, -0.1) is 0 Å². The molecule has 94 valence electrons. The molecule has 2 rings (SSSR count). The third kappa shape index (κ3) is 2.23. The Morgan fingerprint density at radius 3 is 2.83 bits per heavy atom. The number of methoxy groups -OCH3 is 1. The number of carboxylic acids is 1. The second-order valence-corrected chi connectivity index (χ2v) is 4.46. The number of carbonyl (C=O) groups is 1. The van der Waals surface area contributed by atoms with Crippen LogP contribution in [0.4, 0.5) is 5.69 Å². The molecule has 2 N–H and O–H groups in total. The summed E-state index contributed by atoms with van der Waals surface area (Å²) in [4.78, 5) is 11.1. The van der Waals surface area contributed by atoms with Gasteiger partial charge in [0.15, 0.2) is 0 Å². The number of nitriles is 1. The number of rotatable bonds is 5. The molecule has 1 aliphatic carbocycles. The Balaban J connectivity index is 2.13. The normalized spacial score (nSPS) is 15.6. The molecule has 0 aromatic heterocycles. The first kappa shape index (κ1) is 12.2. The van der Waals surface area contributed by atoms with Crippen molar-refractivity contribution < 1.29 is 14.6 Å². The fraction of sp³-hybridized carbons (Fsp3) is 0.385. The van der Waals surface area contributed by atoms with E-state index in [1.54, 1.807) is 25.3 Å². The maximum atomic E-state index is 11.1. The highest BCUT2D eigenvalue weighted by Crippen LogP contribution is 2.46. The average Bonchev–Trinajstić information content (AvgIpc) is 3.17. The molecule has 1 saturated carbocycles. The lowest BCUT2D eigenvalue weighted by Gasteiger charge is -2.14. The number of anilines is 1. The number of hydrogen-bond acceptors (Lipinski definition) is 4. The highest BCUT2D eigenvalue weighted by Gasteiger charge is 2.50. The molecule has 0 heterocycles. The third-order valence-corrected chi connectivity index (χ3v) is 3.27. The van der Waals surface area contributed by atoms with Crippen LogP contribution < -0.4 is 10.1 Å². The van der Waals surface area contributed by atoms with E-state index in [-0.39, 0.29) is 0 Å². The quantitative estimate of drug-likeness (QED) is 0.828. The molecular formula is C13H14N2O3. The lowest BCUT2D eigenvalue weighted by atomic mass is 10.1. The van der Waals surface area contributed by atoms with Crippen LogP contribution in [0.3, 0.4) is 0 Å². The van der Waals surface area contributed by atoms with Crippen molar-refractivity contribution in [1.29, 1.82) is 5.26 Å². The van der Waals surface area contributed by atoms with Crippen LogP contribution in [0.2, 0.25) is 0 Å². The summed E-state index contributed by atoms with van der Waals surface area (Å²) in [6.45, 7) is 0.337. The molecule has 1 fully saturated rings. The molecular weight excluding hydrogens is 232 g/mol. The Hall–Kier alpha value is -2.22. The van der Waals surface area contributed by atoms with Crippen LogP contribution in [0.15, 0.2) is 18.2 Å². The van der Waals surface area contributed by atoms with Crippen molar-refractivity contribution in [3.05, 3.63) is 23.8 Å². The summed E-state index contributed by atoms with van der Waals surface area (Å²) >= 11 is 0. The van der Waals surface area contributed by atoms with Gasteiger partial charge in [0.05, 0.1) is 23.8 Å². The van der Waals surface area contributed by atoms with Gasteiger partial charge in [0, 0.05) is 12.6 Å². The second-order valence-electron chi connectivity index (χ2n) is 4.46. The molecule has 1 aromatic carbocycles. The largest absolute Gasteiger partial charge is 0.497 e. The fourth-order valence-electron chi connectivity index (χ4n) is 1.78. The molecule has 0 amide bonds. The number of nitrogens with zero attached hydrogens (tertiary/aromatic N) is 1. The highest BCUT2D eigenvalue weighted by molar-refractivity contribution is 5.79. The van der Waals surface area contributed by atoms with E-state index < -0.39 is 11.4 Å². The van der Waals surface area contributed by atoms with Gasteiger partial charge in [-0.25, -0.2) is 0 Å². The van der Waals surface area contributed by atoms with Gasteiger partial charge in [-0.3, -0.25) is 4.79 Å². The van der Waals surface area contributed by atoms with Crippen LogP contribution in [0.25, 0.3) is 0 Å². The summed E-state index contributed by atoms with van der Waals surface area (Å²) in [7, 11) is 1.55. The molecule has 1 aromatic rings. The van der Waals surface area contributed by atoms with Crippen LogP contribution >= 0.6 is 0 Å². The molecule has 0 spiro atoms. The van der Waals surface area contributed by atoms with Gasteiger partial charge in [-0.2, -0.15) is 5.26 Å². The lowest BCUT2D eigenvalue weighted by molar-refractivity contribution is -0.142. The molecule has 0 radical (unpaired) electrons. The van der Waals surface area contributed by atoms with Crippen LogP contribution in [-0.2, 0) is 4.79 Å². The molecule has 0 atom stereocenters. The van der Waals surface area contributed by atoms with Crippen molar-refractivity contribution in [2.75, 3.05) is 19.0 Å². The van der Waals surface area contributed by atoms with E-state index in [9.17, 15) is 4.79 Å². The standard InChI is InChI=1S/C13H14N2O3/c1-18-10-3-2-9(7-14)11(6-10)15-8-13(4-5-13)12(16)17/h2-3,6,15H,4-5,8H2,1H3,(H,16,17). The Morgan fingerprint density at radius 2 is 2.33 bits per heavy atom. The maximum Gasteiger partial charge on any atom is 0.311 e. The van der Waals surface area contributed by atoms with Gasteiger partial charge in [0.25, 0.3) is 0 Å². The Bertz CT molecular complexity index is 515. The summed E-state index contributed by atoms with van der Waals surface area (Å²) in [5.41, 5.74) is 0.442. The number of aliphatic carboxylic acids is 1. The fourth-order valence-corrected chi connectivity index (χ4v) is 1.78. The van der Waals surface area contributed by atoms with E-state index in [1.165, 1.54) is 0 Å². The third-order valence-electron chi connectivity index (χ3n) is 3.27. The van der Waals surface area contributed by atoms with Gasteiger partial charge in [0.1, 0.15) is 11.8 Å². The molecule has 0 unspecified atom stereocenters. The van der Waals surface area contributed by atoms with E-state index in [2.05, 4.69) is 11.4 Å². The van der Waals surface area contributed by atoms with Crippen LogP contribution in [0.1, 0.15) is 18.4 Å². The van der Waals surface area contributed by atoms with Gasteiger partial charge in [-0.05, 0) is 25.0 Å². The zero-order valence-corrected chi connectivity index (χ0v) is 10.1. The van der Waals surface area contributed by atoms with Gasteiger partial charge < -0.3 is 15.2 Å². The van der Waals surface area contributed by atoms with Gasteiger partial charge >= 0.3 is 5.97 Å². The number of hydrogen-bond donors (Lipinski definition) is 2. The van der Waals surface area contributed by atoms with Gasteiger partial charge in [0.2, 0.25) is 0 Å². The van der Waals surface area contributed by atoms with E-state index in [4.69, 9.17) is 15.1 Å². The molecule has 0 aliphatic heterocycles. The molecule has 5 heteroatoms. The Labute approximate surface area is 105 Å². The maximum absolute atomic E-state index is 11.1.